The maximum absolute atomic E-state index is 12.2. The maximum Gasteiger partial charge on any atom is 0.264 e. The highest BCUT2D eigenvalue weighted by Crippen LogP contribution is 2.25. The van der Waals surface area contributed by atoms with E-state index < -0.39 is 0 Å². The lowest BCUT2D eigenvalue weighted by Crippen LogP contribution is -2.20. The summed E-state index contributed by atoms with van der Waals surface area (Å²) in [5, 5.41) is 15.9. The van der Waals surface area contributed by atoms with Crippen molar-refractivity contribution in [3.05, 3.63) is 54.1 Å². The maximum atomic E-state index is 12.2. The molecule has 2 aromatic heterocycles. The second-order valence-corrected chi connectivity index (χ2v) is 7.37. The van der Waals surface area contributed by atoms with Gasteiger partial charge >= 0.3 is 0 Å². The van der Waals surface area contributed by atoms with Crippen LogP contribution in [-0.4, -0.2) is 38.9 Å². The molecule has 0 aliphatic heterocycles. The Bertz CT molecular complexity index is 1140. The molecule has 154 valence electrons. The van der Waals surface area contributed by atoms with E-state index in [2.05, 4.69) is 27.5 Å². The summed E-state index contributed by atoms with van der Waals surface area (Å²) >= 11 is 1.25. The minimum atomic E-state index is -0.290. The van der Waals surface area contributed by atoms with Crippen molar-refractivity contribution in [1.82, 2.24) is 19.8 Å². The van der Waals surface area contributed by atoms with Gasteiger partial charge in [0, 0.05) is 5.56 Å². The smallest absolute Gasteiger partial charge is 0.264 e. The monoisotopic (exact) mass is 423 g/mol. The lowest BCUT2D eigenvalue weighted by Gasteiger charge is -2.06. The van der Waals surface area contributed by atoms with E-state index in [9.17, 15) is 4.79 Å². The second-order valence-electron chi connectivity index (χ2n) is 6.42. The Morgan fingerprint density at radius 1 is 1.00 bits per heavy atom. The molecule has 0 aliphatic rings. The molecule has 4 rings (SSSR count). The third-order valence-electron chi connectivity index (χ3n) is 4.36. The van der Waals surface area contributed by atoms with E-state index in [0.717, 1.165) is 17.7 Å². The number of fused-ring (bicyclic) bond motifs is 1. The van der Waals surface area contributed by atoms with Gasteiger partial charge in [0.1, 0.15) is 11.5 Å². The zero-order chi connectivity index (χ0) is 20.9. The Kier molecular flexibility index (Phi) is 5.89. The number of aryl methyl sites for hydroxylation is 1. The van der Waals surface area contributed by atoms with E-state index in [-0.39, 0.29) is 12.5 Å². The number of rotatable bonds is 8. The summed E-state index contributed by atoms with van der Waals surface area (Å²) in [7, 11) is 0. The zero-order valence-electron chi connectivity index (χ0n) is 16.7. The topological polar surface area (TPSA) is 90.6 Å². The van der Waals surface area contributed by atoms with Gasteiger partial charge in [0.05, 0.1) is 6.61 Å². The summed E-state index contributed by atoms with van der Waals surface area (Å²) in [4.78, 5) is 12.8. The summed E-state index contributed by atoms with van der Waals surface area (Å²) in [5.41, 5.74) is 2.07. The molecule has 9 heteroatoms. The van der Waals surface area contributed by atoms with Crippen molar-refractivity contribution in [2.45, 2.75) is 20.3 Å². The molecular formula is C21H21N5O3S. The van der Waals surface area contributed by atoms with Crippen molar-refractivity contribution in [3.8, 4) is 22.9 Å². The number of nitrogens with one attached hydrogen (secondary N) is 1. The van der Waals surface area contributed by atoms with Crippen LogP contribution in [0.15, 0.2) is 48.5 Å². The normalized spacial score (nSPS) is 10.9. The van der Waals surface area contributed by atoms with Gasteiger partial charge in [0.15, 0.2) is 12.4 Å². The quantitative estimate of drug-likeness (QED) is 0.463. The van der Waals surface area contributed by atoms with E-state index in [1.165, 1.54) is 16.9 Å². The minimum absolute atomic E-state index is 0.0998. The average molecular weight is 423 g/mol. The van der Waals surface area contributed by atoms with Crippen molar-refractivity contribution in [1.29, 1.82) is 0 Å². The van der Waals surface area contributed by atoms with Crippen molar-refractivity contribution in [2.24, 2.45) is 0 Å². The van der Waals surface area contributed by atoms with Crippen LogP contribution < -0.4 is 14.8 Å². The van der Waals surface area contributed by atoms with Crippen molar-refractivity contribution in [3.63, 3.8) is 0 Å². The number of benzene rings is 2. The first-order valence-corrected chi connectivity index (χ1v) is 10.4. The van der Waals surface area contributed by atoms with Crippen molar-refractivity contribution in [2.75, 3.05) is 18.5 Å². The largest absolute Gasteiger partial charge is 0.494 e. The Morgan fingerprint density at radius 2 is 1.70 bits per heavy atom. The van der Waals surface area contributed by atoms with E-state index in [1.54, 1.807) is 4.52 Å². The molecule has 0 saturated carbocycles. The SMILES string of the molecule is CCOc1ccc(-c2nnc3sc(NC(=O)COc4ccc(CC)cc4)nn23)cc1. The predicted molar refractivity (Wildman–Crippen MR) is 115 cm³/mol. The number of amides is 1. The van der Waals surface area contributed by atoms with Gasteiger partial charge in [-0.3, -0.25) is 10.1 Å². The molecule has 4 aromatic rings. The van der Waals surface area contributed by atoms with Crippen molar-refractivity contribution < 1.29 is 14.3 Å². The third-order valence-corrected chi connectivity index (χ3v) is 5.18. The second kappa shape index (κ2) is 8.91. The van der Waals surface area contributed by atoms with Crippen LogP contribution >= 0.6 is 11.3 Å². The van der Waals surface area contributed by atoms with Gasteiger partial charge in [0.2, 0.25) is 10.1 Å². The first-order chi connectivity index (χ1) is 14.7. The fraction of sp³-hybridized carbons (Fsp3) is 0.238. The molecule has 8 nitrogen and oxygen atoms in total. The molecule has 0 aliphatic carbocycles. The highest BCUT2D eigenvalue weighted by molar-refractivity contribution is 7.20. The Labute approximate surface area is 177 Å². The average Bonchev–Trinajstić information content (AvgIpc) is 3.34. The summed E-state index contributed by atoms with van der Waals surface area (Å²) in [6.07, 6.45) is 0.958. The fourth-order valence-electron chi connectivity index (χ4n) is 2.84. The number of aromatic nitrogens is 4. The van der Waals surface area contributed by atoms with E-state index in [4.69, 9.17) is 9.47 Å². The Balaban J connectivity index is 1.41. The van der Waals surface area contributed by atoms with Gasteiger partial charge in [-0.15, -0.1) is 15.3 Å². The number of carbonyl (C=O) groups excluding carboxylic acids is 1. The van der Waals surface area contributed by atoms with Crippen LogP contribution in [0.3, 0.4) is 0 Å². The highest BCUT2D eigenvalue weighted by Gasteiger charge is 2.15. The van der Waals surface area contributed by atoms with Crippen LogP contribution in [0.4, 0.5) is 5.13 Å². The van der Waals surface area contributed by atoms with Gasteiger partial charge < -0.3 is 9.47 Å². The zero-order valence-corrected chi connectivity index (χ0v) is 17.5. The number of hydrogen-bond donors (Lipinski definition) is 1. The number of anilines is 1. The summed E-state index contributed by atoms with van der Waals surface area (Å²) in [5.74, 6) is 1.75. The van der Waals surface area contributed by atoms with Gasteiger partial charge in [-0.1, -0.05) is 30.4 Å². The molecule has 0 bridgehead atoms. The Hall–Kier alpha value is -3.46. The molecule has 0 radical (unpaired) electrons. The highest BCUT2D eigenvalue weighted by atomic mass is 32.1. The molecule has 0 spiro atoms. The number of hydrogen-bond acceptors (Lipinski definition) is 7. The van der Waals surface area contributed by atoms with Crippen LogP contribution in [0.1, 0.15) is 19.4 Å². The molecule has 30 heavy (non-hydrogen) atoms. The van der Waals surface area contributed by atoms with Crippen LogP contribution in [0, 0.1) is 0 Å². The van der Waals surface area contributed by atoms with Gasteiger partial charge in [-0.25, -0.2) is 0 Å². The minimum Gasteiger partial charge on any atom is -0.494 e. The molecule has 1 amide bonds. The van der Waals surface area contributed by atoms with Crippen LogP contribution in [0.5, 0.6) is 11.5 Å². The van der Waals surface area contributed by atoms with Crippen molar-refractivity contribution >= 4 is 27.3 Å². The van der Waals surface area contributed by atoms with Crippen LogP contribution in [0.25, 0.3) is 16.3 Å². The first-order valence-electron chi connectivity index (χ1n) is 9.63. The summed E-state index contributed by atoms with van der Waals surface area (Å²) in [6, 6.07) is 15.2. The van der Waals surface area contributed by atoms with Gasteiger partial charge in [0.25, 0.3) is 5.91 Å². The lowest BCUT2D eigenvalue weighted by atomic mass is 10.2. The molecule has 1 N–H and O–H groups in total. The number of nitrogens with zero attached hydrogens (tertiary/aromatic N) is 4. The molecule has 0 atom stereocenters. The molecule has 0 saturated heterocycles. The van der Waals surface area contributed by atoms with E-state index >= 15 is 0 Å². The fourth-order valence-corrected chi connectivity index (χ4v) is 3.60. The summed E-state index contributed by atoms with van der Waals surface area (Å²) < 4.78 is 12.6. The van der Waals surface area contributed by atoms with Gasteiger partial charge in [-0.05, 0) is 55.3 Å². The van der Waals surface area contributed by atoms with E-state index in [1.807, 2.05) is 55.5 Å². The molecule has 2 heterocycles. The molecule has 0 unspecified atom stereocenters. The third kappa shape index (κ3) is 4.41. The van der Waals surface area contributed by atoms with Gasteiger partial charge in [-0.2, -0.15) is 4.52 Å². The summed E-state index contributed by atoms with van der Waals surface area (Å²) in [6.45, 7) is 4.54. The number of carbonyl (C=O) groups is 1. The Morgan fingerprint density at radius 3 is 2.40 bits per heavy atom. The van der Waals surface area contributed by atoms with Crippen LogP contribution in [-0.2, 0) is 11.2 Å². The van der Waals surface area contributed by atoms with E-state index in [0.29, 0.717) is 28.3 Å². The standard InChI is InChI=1S/C21H21N5O3S/c1-3-14-5-9-17(10-6-14)29-13-18(27)22-20-25-26-19(23-24-21(26)30-20)15-7-11-16(12-8-15)28-4-2/h5-12H,3-4,13H2,1-2H3,(H,22,25,27). The predicted octanol–water partition coefficient (Wildman–Crippen LogP) is 3.83. The first kappa shape index (κ1) is 19.8. The van der Waals surface area contributed by atoms with Crippen LogP contribution in [0.2, 0.25) is 0 Å². The molecular weight excluding hydrogens is 402 g/mol. The molecule has 2 aromatic carbocycles. The molecule has 0 fully saturated rings. The lowest BCUT2D eigenvalue weighted by molar-refractivity contribution is -0.118. The number of ether oxygens (including phenoxy) is 2.